The maximum atomic E-state index is 13.7. The normalized spacial score (nSPS) is 13.0. The van der Waals surface area contributed by atoms with Gasteiger partial charge >= 0.3 is 5.97 Å². The van der Waals surface area contributed by atoms with Gasteiger partial charge in [0.05, 0.1) is 6.10 Å². The van der Waals surface area contributed by atoms with Crippen LogP contribution in [-0.2, 0) is 11.2 Å². The second-order valence-corrected chi connectivity index (χ2v) is 9.90. The van der Waals surface area contributed by atoms with Crippen molar-refractivity contribution in [2.45, 2.75) is 80.3 Å². The van der Waals surface area contributed by atoms with Crippen LogP contribution in [0.2, 0.25) is 0 Å². The molecule has 2 N–H and O–H groups in total. The molecule has 0 radical (unpaired) electrons. The Labute approximate surface area is 243 Å². The molecule has 0 saturated carbocycles. The highest BCUT2D eigenvalue weighted by Crippen LogP contribution is 2.36. The first-order valence-corrected chi connectivity index (χ1v) is 14.4. The molecule has 0 spiro atoms. The second-order valence-electron chi connectivity index (χ2n) is 9.90. The van der Waals surface area contributed by atoms with Crippen LogP contribution in [-0.4, -0.2) is 33.5 Å². The molecule has 0 aliphatic heterocycles. The molecule has 6 nitrogen and oxygen atoms in total. The van der Waals surface area contributed by atoms with Gasteiger partial charge in [-0.2, -0.15) is 0 Å². The predicted octanol–water partition coefficient (Wildman–Crippen LogP) is 7.54. The van der Waals surface area contributed by atoms with Crippen LogP contribution >= 0.6 is 0 Å². The van der Waals surface area contributed by atoms with E-state index in [9.17, 15) is 24.3 Å². The van der Waals surface area contributed by atoms with Crippen molar-refractivity contribution in [2.24, 2.45) is 5.92 Å². The molecule has 0 fully saturated rings. The minimum Gasteiger partial charge on any atom is -0.481 e. The van der Waals surface area contributed by atoms with Crippen molar-refractivity contribution in [2.75, 3.05) is 0 Å². The highest BCUT2D eigenvalue weighted by atomic mass is 16.4. The Bertz CT molecular complexity index is 1420. The summed E-state index contributed by atoms with van der Waals surface area (Å²) in [5.41, 5.74) is 4.16. The van der Waals surface area contributed by atoms with Gasteiger partial charge in [-0.25, -0.2) is 0 Å². The van der Waals surface area contributed by atoms with Crippen LogP contribution < -0.4 is 0 Å². The first kappa shape index (κ1) is 33.3. The first-order valence-electron chi connectivity index (χ1n) is 14.4. The fourth-order valence-corrected chi connectivity index (χ4v) is 5.36. The molecule has 0 saturated heterocycles. The fraction of sp³-hybridized carbons (Fsp3) is 0.371. The molecule has 1 aliphatic rings. The first-order chi connectivity index (χ1) is 19.6. The summed E-state index contributed by atoms with van der Waals surface area (Å²) in [7, 11) is 0. The van der Waals surface area contributed by atoms with E-state index in [1.165, 1.54) is 6.92 Å². The van der Waals surface area contributed by atoms with E-state index in [2.05, 4.69) is 0 Å². The number of carbonyl (C=O) groups excluding carboxylic acids is 3. The lowest BCUT2D eigenvalue weighted by molar-refractivity contribution is -0.138. The van der Waals surface area contributed by atoms with Gasteiger partial charge in [-0.15, -0.1) is 0 Å². The highest BCUT2D eigenvalue weighted by molar-refractivity contribution is 6.29. The smallest absolute Gasteiger partial charge is 0.303 e. The van der Waals surface area contributed by atoms with Gasteiger partial charge in [0.2, 0.25) is 0 Å². The van der Waals surface area contributed by atoms with E-state index >= 15 is 0 Å². The van der Waals surface area contributed by atoms with Crippen LogP contribution in [0.15, 0.2) is 54.6 Å². The average Bonchev–Trinajstić information content (AvgIpc) is 2.96. The number of hydrogen-bond donors (Lipinski definition) is 2. The van der Waals surface area contributed by atoms with Gasteiger partial charge in [-0.05, 0) is 67.3 Å². The Hall–Kier alpha value is -3.90. The van der Waals surface area contributed by atoms with E-state index in [0.29, 0.717) is 51.8 Å². The number of aliphatic carboxylic acids is 1. The van der Waals surface area contributed by atoms with Crippen LogP contribution in [0.1, 0.15) is 131 Å². The summed E-state index contributed by atoms with van der Waals surface area (Å²) in [6, 6.07) is 15.6. The second kappa shape index (κ2) is 15.2. The van der Waals surface area contributed by atoms with Crippen LogP contribution in [0.3, 0.4) is 0 Å². The zero-order chi connectivity index (χ0) is 30.9. The number of rotatable bonds is 9. The Morgan fingerprint density at radius 1 is 0.829 bits per heavy atom. The number of benzene rings is 3. The lowest BCUT2D eigenvalue weighted by atomic mass is 9.77. The minimum atomic E-state index is -0.871. The molecule has 4 rings (SSSR count). The maximum absolute atomic E-state index is 13.7. The number of Topliss-reactive ketones (excluding diaryl/α,β-unsaturated/α-hetero) is 1. The van der Waals surface area contributed by atoms with Gasteiger partial charge in [0.25, 0.3) is 0 Å². The number of carboxylic acids is 1. The van der Waals surface area contributed by atoms with Gasteiger partial charge in [0.1, 0.15) is 0 Å². The van der Waals surface area contributed by atoms with Crippen molar-refractivity contribution in [1.29, 1.82) is 0 Å². The quantitative estimate of drug-likeness (QED) is 0.205. The van der Waals surface area contributed by atoms with E-state index in [4.69, 9.17) is 5.11 Å². The molecule has 218 valence electrons. The van der Waals surface area contributed by atoms with E-state index in [1.54, 1.807) is 43.3 Å². The number of aryl methyl sites for hydroxylation is 1. The molecular weight excluding hydrogens is 516 g/mol. The Balaban J connectivity index is 0.00000141. The summed E-state index contributed by atoms with van der Waals surface area (Å²) in [6.07, 6.45) is 0.291. The average molecular weight is 559 g/mol. The van der Waals surface area contributed by atoms with Crippen LogP contribution in [0.25, 0.3) is 0 Å². The highest BCUT2D eigenvalue weighted by Gasteiger charge is 2.34. The molecule has 3 aromatic carbocycles. The van der Waals surface area contributed by atoms with E-state index in [0.717, 1.165) is 5.56 Å². The van der Waals surface area contributed by atoms with Crippen LogP contribution in [0.5, 0.6) is 0 Å². The number of aliphatic hydroxyl groups excluding tert-OH is 1. The number of fused-ring (bicyclic) bond motifs is 2. The minimum absolute atomic E-state index is 0.0311. The van der Waals surface area contributed by atoms with Crippen molar-refractivity contribution in [3.05, 3.63) is 105 Å². The topological polar surface area (TPSA) is 109 Å². The van der Waals surface area contributed by atoms with Crippen molar-refractivity contribution < 1.29 is 29.4 Å². The maximum Gasteiger partial charge on any atom is 0.303 e. The molecule has 2 atom stereocenters. The molecule has 0 heterocycles. The number of carbonyl (C=O) groups is 4. The monoisotopic (exact) mass is 558 g/mol. The summed E-state index contributed by atoms with van der Waals surface area (Å²) < 4.78 is 0. The summed E-state index contributed by atoms with van der Waals surface area (Å²) in [5, 5.41) is 20.0. The Kier molecular flexibility index (Phi) is 12.3. The Morgan fingerprint density at radius 2 is 1.39 bits per heavy atom. The van der Waals surface area contributed by atoms with Gasteiger partial charge < -0.3 is 10.2 Å². The SMILES string of the molecule is CC.CC.CC(=O)c1c(C)cc2c(c1Cc1ccccc1C(O)CCC(C)CC(=O)O)C(=O)c1ccccc1C2=O. The molecule has 0 amide bonds. The molecule has 41 heavy (non-hydrogen) atoms. The summed E-state index contributed by atoms with van der Waals surface area (Å²) in [6.45, 7) is 13.1. The number of carboxylic acid groups (broad SMARTS) is 1. The van der Waals surface area contributed by atoms with Gasteiger partial charge in [-0.3, -0.25) is 19.2 Å². The largest absolute Gasteiger partial charge is 0.481 e. The Morgan fingerprint density at radius 3 is 1.98 bits per heavy atom. The van der Waals surface area contributed by atoms with E-state index in [1.807, 2.05) is 52.8 Å². The molecule has 1 aliphatic carbocycles. The van der Waals surface area contributed by atoms with E-state index in [-0.39, 0.29) is 41.7 Å². The molecule has 0 bridgehead atoms. The van der Waals surface area contributed by atoms with Crippen LogP contribution in [0, 0.1) is 12.8 Å². The van der Waals surface area contributed by atoms with Crippen molar-refractivity contribution in [3.8, 4) is 0 Å². The lowest BCUT2D eigenvalue weighted by Crippen LogP contribution is -2.25. The molecular formula is C35H42O6. The van der Waals surface area contributed by atoms with Gasteiger partial charge in [0.15, 0.2) is 17.3 Å². The fourth-order valence-electron chi connectivity index (χ4n) is 5.36. The van der Waals surface area contributed by atoms with E-state index < -0.39 is 12.1 Å². The standard InChI is InChI=1S/C31H30O6.2C2H6/c1-17(14-27(34)35)12-13-26(33)21-9-5-4-8-20(21)16-24-28(19(3)32)18(2)15-25-29(24)31(37)23-11-7-6-10-22(23)30(25)36;2*1-2/h4-11,15,17,26,33H,12-14,16H2,1-3H3,(H,34,35);2*1-2H3. The van der Waals surface area contributed by atoms with Crippen molar-refractivity contribution >= 4 is 23.3 Å². The number of aliphatic hydroxyl groups is 1. The van der Waals surface area contributed by atoms with Crippen LogP contribution in [0.4, 0.5) is 0 Å². The zero-order valence-electron chi connectivity index (χ0n) is 25.2. The van der Waals surface area contributed by atoms with Crippen molar-refractivity contribution in [1.82, 2.24) is 0 Å². The summed E-state index contributed by atoms with van der Waals surface area (Å²) >= 11 is 0. The third kappa shape index (κ3) is 7.44. The third-order valence-electron chi connectivity index (χ3n) is 7.11. The predicted molar refractivity (Wildman–Crippen MR) is 162 cm³/mol. The molecule has 0 aromatic heterocycles. The van der Waals surface area contributed by atoms with Crippen molar-refractivity contribution in [3.63, 3.8) is 0 Å². The molecule has 3 aromatic rings. The van der Waals surface area contributed by atoms with Gasteiger partial charge in [0, 0.05) is 34.2 Å². The zero-order valence-corrected chi connectivity index (χ0v) is 25.2. The summed E-state index contributed by atoms with van der Waals surface area (Å²) in [5.74, 6) is -1.69. The lowest BCUT2D eigenvalue weighted by Gasteiger charge is -2.24. The molecule has 2 unspecified atom stereocenters. The van der Waals surface area contributed by atoms with Gasteiger partial charge in [-0.1, -0.05) is 83.1 Å². The number of hydrogen-bond acceptors (Lipinski definition) is 5. The number of ketones is 3. The summed E-state index contributed by atoms with van der Waals surface area (Å²) in [4.78, 5) is 50.8. The molecule has 6 heteroatoms. The third-order valence-corrected chi connectivity index (χ3v) is 7.11.